The lowest BCUT2D eigenvalue weighted by Crippen LogP contribution is -2.41. The number of pyridine rings is 6. The van der Waals surface area contributed by atoms with E-state index in [0.717, 1.165) is 37.3 Å². The van der Waals surface area contributed by atoms with Crippen molar-refractivity contribution in [2.45, 2.75) is 63.6 Å². The fraction of sp³-hybridized carbons (Fsp3) is 0.160. The number of hydrogen-bond donors (Lipinski definition) is 8. The molecule has 138 heavy (non-hydrogen) atoms. The normalized spacial score (nSPS) is 19.6. The Hall–Kier alpha value is -13.0. The van der Waals surface area contributed by atoms with Gasteiger partial charge < -0.3 is 5.11 Å². The monoisotopic (exact) mass is 2070 g/mol. The first kappa shape index (κ1) is 96.7. The third kappa shape index (κ3) is 18.8. The van der Waals surface area contributed by atoms with E-state index in [9.17, 15) is 78.0 Å². The molecule has 0 amide bonds. The van der Waals surface area contributed by atoms with E-state index in [1.807, 2.05) is 67.6 Å². The van der Waals surface area contributed by atoms with Crippen molar-refractivity contribution in [3.8, 4) is 0 Å². The molecular weight excluding hydrogens is 1990 g/mol. The number of Topliss-reactive ketones (excluding diaryl/α,β-unsaturated/α-hetero) is 1. The second kappa shape index (κ2) is 37.7. The average molecular weight is 2070 g/mol. The number of ketones is 1. The van der Waals surface area contributed by atoms with Crippen molar-refractivity contribution in [1.29, 1.82) is 0 Å². The van der Waals surface area contributed by atoms with Crippen LogP contribution < -0.4 is 33.1 Å². The SMILES string of the molecule is CC(=O)c1cc2c(c3ncccc13)NS(=O)(=O)N(C)C2c1ccc(F)cc1.CC(O)c1cc2c(c3ncccc13)NS(=O)(=O)N(C)C2c1ccc(F)cc1.CC1NS(=O)(=O)Nc2c1ccc1cccnc21.CN1C(c2ccc(F)cc2)c2cc(Br)c3cccnc3c2NS1(=O)=O.CN1C(c2ccc(F)cc2)c2cc(Cl)c3cccnc3c2NS1(=O)=O.CN1Cc2ccc3cccnc3c2NS1(=O)=O. The van der Waals surface area contributed by atoms with Gasteiger partial charge in [0.25, 0.3) is 10.2 Å². The lowest BCUT2D eigenvalue weighted by Gasteiger charge is -2.35. The number of aromatic nitrogens is 6. The molecule has 6 unspecified atom stereocenters. The quantitative estimate of drug-likeness (QED) is 0.0566. The minimum atomic E-state index is -3.84. The van der Waals surface area contributed by atoms with Gasteiger partial charge in [-0.05, 0) is 175 Å². The van der Waals surface area contributed by atoms with E-state index in [1.54, 1.807) is 148 Å². The molecule has 0 aliphatic carbocycles. The molecule has 44 heteroatoms. The summed E-state index contributed by atoms with van der Waals surface area (Å²) in [6.07, 6.45) is 8.88. The Bertz CT molecular complexity index is 8200. The van der Waals surface area contributed by atoms with E-state index in [-0.39, 0.29) is 23.5 Å². The van der Waals surface area contributed by atoms with Crippen LogP contribution in [0.3, 0.4) is 0 Å². The first-order chi connectivity index (χ1) is 65.5. The smallest absolute Gasteiger partial charge is 0.302 e. The predicted molar refractivity (Wildman–Crippen MR) is 526 cm³/mol. The first-order valence-corrected chi connectivity index (χ1v) is 51.9. The molecule has 32 nitrogen and oxygen atoms in total. The van der Waals surface area contributed by atoms with Crippen molar-refractivity contribution in [1.82, 2.24) is 56.2 Å². The molecule has 6 atom stereocenters. The van der Waals surface area contributed by atoms with Crippen molar-refractivity contribution in [3.05, 3.63) is 355 Å². The fourth-order valence-corrected chi connectivity index (χ4v) is 24.7. The molecule has 6 aliphatic heterocycles. The lowest BCUT2D eigenvalue weighted by atomic mass is 9.91. The van der Waals surface area contributed by atoms with Crippen molar-refractivity contribution in [3.63, 3.8) is 0 Å². The summed E-state index contributed by atoms with van der Waals surface area (Å²) in [6.45, 7) is 5.29. The molecule has 12 heterocycles. The van der Waals surface area contributed by atoms with Crippen LogP contribution in [0.25, 0.3) is 65.4 Å². The maximum Gasteiger partial charge on any atom is 0.302 e. The molecule has 0 spiro atoms. The number of fused-ring (bicyclic) bond motifs is 18. The number of carbonyl (C=O) groups excluding carboxylic acids is 1. The van der Waals surface area contributed by atoms with Gasteiger partial charge in [0.15, 0.2) is 5.78 Å². The van der Waals surface area contributed by atoms with Gasteiger partial charge in [-0.1, -0.05) is 131 Å². The number of halogens is 6. The molecule has 0 fully saturated rings. The van der Waals surface area contributed by atoms with Crippen LogP contribution in [0.4, 0.5) is 51.7 Å². The number of carbonyl (C=O) groups is 1. The molecule has 6 aliphatic rings. The van der Waals surface area contributed by atoms with Crippen LogP contribution >= 0.6 is 27.5 Å². The molecule has 22 rings (SSSR count). The van der Waals surface area contributed by atoms with Crippen LogP contribution in [-0.2, 0) is 67.8 Å². The summed E-state index contributed by atoms with van der Waals surface area (Å²) in [5, 5.41) is 15.3. The molecule has 0 radical (unpaired) electrons. The molecule has 6 aromatic heterocycles. The molecular formula is C94H82BrClF4N18O14S6. The van der Waals surface area contributed by atoms with Crippen LogP contribution in [-0.4, -0.2) is 148 Å². The number of hydrogen-bond acceptors (Lipinski definition) is 20. The van der Waals surface area contributed by atoms with Crippen molar-refractivity contribution in [2.24, 2.45) is 0 Å². The summed E-state index contributed by atoms with van der Waals surface area (Å²) in [5.74, 6) is -1.72. The van der Waals surface area contributed by atoms with Gasteiger partial charge in [0, 0.05) is 150 Å². The Morgan fingerprint density at radius 3 is 1.14 bits per heavy atom. The maximum atomic E-state index is 13.4. The number of anilines is 6. The molecule has 8 N–H and O–H groups in total. The molecule has 0 bridgehead atoms. The summed E-state index contributed by atoms with van der Waals surface area (Å²) in [5.41, 5.74) is 14.2. The van der Waals surface area contributed by atoms with E-state index >= 15 is 0 Å². The van der Waals surface area contributed by atoms with Crippen LogP contribution in [0, 0.1) is 23.3 Å². The first-order valence-electron chi connectivity index (χ1n) is 42.0. The van der Waals surface area contributed by atoms with Gasteiger partial charge in [-0.15, -0.1) is 0 Å². The van der Waals surface area contributed by atoms with E-state index < -0.39 is 103 Å². The number of aliphatic hydroxyl groups is 1. The zero-order chi connectivity index (χ0) is 98.3. The number of benzene rings is 10. The van der Waals surface area contributed by atoms with Gasteiger partial charge in [-0.2, -0.15) is 76.8 Å². The highest BCUT2D eigenvalue weighted by Gasteiger charge is 2.44. The predicted octanol–water partition coefficient (Wildman–Crippen LogP) is 16.8. The zero-order valence-electron chi connectivity index (χ0n) is 73.8. The Balaban J connectivity index is 0.000000116. The molecule has 16 aromatic rings. The number of rotatable bonds is 6. The molecule has 0 saturated carbocycles. The highest BCUT2D eigenvalue weighted by atomic mass is 79.9. The minimum Gasteiger partial charge on any atom is -0.389 e. The van der Waals surface area contributed by atoms with Gasteiger partial charge in [0.05, 0.1) is 103 Å². The number of nitrogens with zero attached hydrogens (tertiary/aromatic N) is 11. The van der Waals surface area contributed by atoms with Crippen LogP contribution in [0.2, 0.25) is 5.02 Å². The van der Waals surface area contributed by atoms with Gasteiger partial charge in [-0.3, -0.25) is 63.0 Å². The van der Waals surface area contributed by atoms with Crippen molar-refractivity contribution < 1.29 is 78.0 Å². The second-order valence-corrected chi connectivity index (χ2v) is 44.1. The van der Waals surface area contributed by atoms with Crippen molar-refractivity contribution >= 4 is 194 Å². The summed E-state index contributed by atoms with van der Waals surface area (Å²) < 4.78 is 226. The maximum absolute atomic E-state index is 13.4. The van der Waals surface area contributed by atoms with Gasteiger partial charge >= 0.3 is 51.0 Å². The van der Waals surface area contributed by atoms with Crippen molar-refractivity contribution in [2.75, 3.05) is 63.6 Å². The third-order valence-electron chi connectivity index (χ3n) is 24.0. The largest absolute Gasteiger partial charge is 0.389 e. The molecule has 0 saturated heterocycles. The Morgan fingerprint density at radius 1 is 0.391 bits per heavy atom. The topological polar surface area (TPSA) is 420 Å². The van der Waals surface area contributed by atoms with Crippen LogP contribution in [0.15, 0.2) is 260 Å². The number of aliphatic hydroxyl groups excluding tert-OH is 1. The van der Waals surface area contributed by atoms with Crippen LogP contribution in [0.5, 0.6) is 0 Å². The second-order valence-electron chi connectivity index (χ2n) is 32.7. The van der Waals surface area contributed by atoms with Gasteiger partial charge in [0.2, 0.25) is 0 Å². The van der Waals surface area contributed by atoms with Crippen LogP contribution in [0.1, 0.15) is 129 Å². The fourth-order valence-electron chi connectivity index (χ4n) is 17.3. The third-order valence-corrected chi connectivity index (χ3v) is 33.2. The van der Waals surface area contributed by atoms with E-state index in [4.69, 9.17) is 11.6 Å². The Kier molecular flexibility index (Phi) is 26.5. The highest BCUT2D eigenvalue weighted by Crippen LogP contribution is 2.50. The number of nitrogens with one attached hydrogen (secondary N) is 7. The zero-order valence-corrected chi connectivity index (χ0v) is 81.1. The summed E-state index contributed by atoms with van der Waals surface area (Å²) >= 11 is 9.94. The molecule has 710 valence electrons. The van der Waals surface area contributed by atoms with E-state index in [0.29, 0.717) is 145 Å². The van der Waals surface area contributed by atoms with Gasteiger partial charge in [0.1, 0.15) is 23.3 Å². The summed E-state index contributed by atoms with van der Waals surface area (Å²) in [6, 6.07) is 56.5. The Morgan fingerprint density at radius 2 is 0.717 bits per heavy atom. The van der Waals surface area contributed by atoms with E-state index in [1.165, 1.54) is 117 Å². The summed E-state index contributed by atoms with van der Waals surface area (Å²) in [4.78, 5) is 38.0. The Labute approximate surface area is 804 Å². The van der Waals surface area contributed by atoms with Gasteiger partial charge in [-0.25, -0.2) is 17.6 Å². The lowest BCUT2D eigenvalue weighted by molar-refractivity contribution is 0.101. The minimum absolute atomic E-state index is 0.148. The van der Waals surface area contributed by atoms with E-state index in [2.05, 4.69) is 78.9 Å². The highest BCUT2D eigenvalue weighted by molar-refractivity contribution is 9.10. The standard InChI is InChI=1S/C19H18FN3O3S.C19H16FN3O3S.C17H13BrFN3O2S.C17H13ClFN3O2S.2C11H11N3O2S/c2*1-11(24)15-10-16-18(17-14(15)4-3-9-21-17)22-27(25,26)23(2)19(16)12-5-7-13(20)8-6-12;2*1-22-17(10-4-6-11(19)7-5-10)13-9-14(18)12-3-2-8-20-15(12)16(13)21-25(22,23)24;1-14-7-9-5-4-8-3-2-6-12-10(8)11(9)13-17(14,15)16;1-7-9-5-4-8-3-2-6-12-10(8)11(9)14-17(15,16)13-7/h3-11,19,22,24H,1-2H3;3-10,19,22H,1-2H3;2*2-9,17,21H,1H3;2-6,13H,7H2,1H3;2-7,13-14H,1H3. The summed E-state index contributed by atoms with van der Waals surface area (Å²) in [7, 11) is -14.7. The molecule has 10 aromatic carbocycles. The average Bonchev–Trinajstić information content (AvgIpc) is 0.724.